The first-order valence-electron chi connectivity index (χ1n) is 11.2. The van der Waals surface area contributed by atoms with Crippen LogP contribution < -0.4 is 5.56 Å². The third-order valence-electron chi connectivity index (χ3n) is 6.56. The van der Waals surface area contributed by atoms with E-state index >= 15 is 0 Å². The Bertz CT molecular complexity index is 1440. The minimum atomic E-state index is -0.585. The maximum absolute atomic E-state index is 13.4. The zero-order chi connectivity index (χ0) is 24.0. The molecule has 1 saturated heterocycles. The third-order valence-corrected chi connectivity index (χ3v) is 6.56. The predicted molar refractivity (Wildman–Crippen MR) is 126 cm³/mol. The van der Waals surface area contributed by atoms with Gasteiger partial charge in [0.2, 0.25) is 5.91 Å². The number of nitrogens with zero attached hydrogens (tertiary/aromatic N) is 5. The van der Waals surface area contributed by atoms with Crippen LogP contribution in [0.3, 0.4) is 0 Å². The summed E-state index contributed by atoms with van der Waals surface area (Å²) < 4.78 is 16.0. The molecule has 3 aromatic heterocycles. The molecule has 4 heterocycles. The Morgan fingerprint density at radius 2 is 1.97 bits per heavy atom. The number of benzene rings is 1. The van der Waals surface area contributed by atoms with Crippen molar-refractivity contribution in [1.82, 2.24) is 24.1 Å². The number of likely N-dealkylation sites (N-methyl/N-ethyl adjacent to an activating group) is 1. The van der Waals surface area contributed by atoms with Gasteiger partial charge in [0.1, 0.15) is 11.3 Å². The van der Waals surface area contributed by atoms with E-state index in [1.54, 1.807) is 43.4 Å². The monoisotopic (exact) mass is 463 g/mol. The Labute approximate surface area is 195 Å². The molecule has 1 amide bonds. The smallest absolute Gasteiger partial charge is 0.309 e. The number of amides is 1. The van der Waals surface area contributed by atoms with E-state index in [0.29, 0.717) is 23.2 Å². The van der Waals surface area contributed by atoms with Crippen LogP contribution in [0.15, 0.2) is 53.7 Å². The lowest BCUT2D eigenvalue weighted by molar-refractivity contribution is -0.133. The average molecular weight is 464 g/mol. The molecule has 0 bridgehead atoms. The number of carbonyl (C=O) groups is 1. The summed E-state index contributed by atoms with van der Waals surface area (Å²) in [6, 6.07) is 7.85. The Hall–Kier alpha value is -3.72. The van der Waals surface area contributed by atoms with E-state index in [4.69, 9.17) is 0 Å². The number of halogens is 1. The molecular weight excluding hydrogens is 437 g/mol. The van der Waals surface area contributed by atoms with Crippen molar-refractivity contribution in [3.63, 3.8) is 0 Å². The van der Waals surface area contributed by atoms with E-state index in [2.05, 4.69) is 9.88 Å². The Kier molecular flexibility index (Phi) is 5.57. The molecule has 4 aromatic rings. The lowest BCUT2D eigenvalue weighted by Crippen LogP contribution is -2.42. The maximum atomic E-state index is 13.4. The first-order chi connectivity index (χ1) is 16.3. The van der Waals surface area contributed by atoms with E-state index < -0.39 is 5.56 Å². The number of pyridine rings is 2. The summed E-state index contributed by atoms with van der Waals surface area (Å²) in [5.41, 5.74) is 2.33. The number of fused-ring (bicyclic) bond motifs is 3. The van der Waals surface area contributed by atoms with E-state index in [0.717, 1.165) is 41.4 Å². The molecule has 1 atom stereocenters. The highest BCUT2D eigenvalue weighted by Gasteiger charge is 2.32. The fourth-order valence-corrected chi connectivity index (χ4v) is 4.90. The van der Waals surface area contributed by atoms with Crippen LogP contribution in [0.2, 0.25) is 0 Å². The topological polar surface area (TPSA) is 83.6 Å². The lowest BCUT2D eigenvalue weighted by Gasteiger charge is -2.26. The summed E-state index contributed by atoms with van der Waals surface area (Å²) in [5.74, 6) is -0.206. The number of carbonyl (C=O) groups excluding carboxylic acids is 1. The Balaban J connectivity index is 1.64. The zero-order valence-electron chi connectivity index (χ0n) is 19.1. The second kappa shape index (κ2) is 8.57. The summed E-state index contributed by atoms with van der Waals surface area (Å²) in [6.45, 7) is 1.85. The first kappa shape index (κ1) is 22.1. The number of hydrogen-bond acceptors (Lipinski definition) is 5. The highest BCUT2D eigenvalue weighted by atomic mass is 19.1. The minimum absolute atomic E-state index is 0.0854. The molecule has 1 fully saturated rings. The molecule has 1 aliphatic heterocycles. The summed E-state index contributed by atoms with van der Waals surface area (Å²) in [4.78, 5) is 33.4. The van der Waals surface area contributed by atoms with Crippen LogP contribution in [0.5, 0.6) is 0 Å². The molecule has 9 heteroatoms. The molecule has 1 aromatic carbocycles. The summed E-state index contributed by atoms with van der Waals surface area (Å²) in [7, 11) is 3.54. The van der Waals surface area contributed by atoms with Crippen LogP contribution in [0.1, 0.15) is 24.0 Å². The van der Waals surface area contributed by atoms with Gasteiger partial charge in [-0.05, 0) is 48.7 Å². The predicted octanol–water partition coefficient (Wildman–Crippen LogP) is 2.83. The normalized spacial score (nSPS) is 16.5. The van der Waals surface area contributed by atoms with Crippen LogP contribution in [0.4, 0.5) is 4.39 Å². The highest BCUT2D eigenvalue weighted by Crippen LogP contribution is 2.31. The molecule has 0 spiro atoms. The molecule has 8 nitrogen and oxygen atoms in total. The van der Waals surface area contributed by atoms with Crippen molar-refractivity contribution in [2.75, 3.05) is 20.6 Å². The standard InChI is InChI=1S/C25H26FN5O3/c1-28(2)24(32)20-4-3-10-29(20)14-17-15-30(13-16-5-7-18(26)8-6-16)21-12-27-23-19(22(17)21)9-11-31(34)25(23)33/h5-9,11-12,15,20,34H,3-4,10,13-14H2,1-2H3/t20-/m0/s1. The molecule has 0 radical (unpaired) electrons. The molecule has 176 valence electrons. The van der Waals surface area contributed by atoms with Gasteiger partial charge in [-0.25, -0.2) is 9.37 Å². The van der Waals surface area contributed by atoms with Gasteiger partial charge < -0.3 is 14.7 Å². The molecule has 1 N–H and O–H groups in total. The van der Waals surface area contributed by atoms with Crippen LogP contribution >= 0.6 is 0 Å². The van der Waals surface area contributed by atoms with Crippen molar-refractivity contribution in [2.45, 2.75) is 32.0 Å². The fraction of sp³-hybridized carbons (Fsp3) is 0.320. The number of aromatic nitrogens is 3. The molecule has 1 aliphatic rings. The second-order valence-electron chi connectivity index (χ2n) is 9.02. The van der Waals surface area contributed by atoms with Crippen LogP contribution in [0.25, 0.3) is 21.8 Å². The molecule has 0 saturated carbocycles. The van der Waals surface area contributed by atoms with Crippen molar-refractivity contribution in [2.24, 2.45) is 0 Å². The van der Waals surface area contributed by atoms with E-state index in [9.17, 15) is 19.2 Å². The largest absolute Gasteiger partial charge is 0.425 e. The minimum Gasteiger partial charge on any atom is -0.425 e. The van der Waals surface area contributed by atoms with Gasteiger partial charge in [0.25, 0.3) is 0 Å². The van der Waals surface area contributed by atoms with Crippen LogP contribution in [-0.2, 0) is 17.9 Å². The van der Waals surface area contributed by atoms with Crippen molar-refractivity contribution < 1.29 is 14.4 Å². The van der Waals surface area contributed by atoms with Crippen molar-refractivity contribution in [1.29, 1.82) is 0 Å². The SMILES string of the molecule is CN(C)C(=O)[C@@H]1CCCN1Cc1cn(Cc2ccc(F)cc2)c2cnc3c(=O)n(O)ccc3c12. The zero-order valence-corrected chi connectivity index (χ0v) is 19.1. The number of likely N-dealkylation sites (tertiary alicyclic amines) is 1. The Morgan fingerprint density at radius 1 is 1.21 bits per heavy atom. The van der Waals surface area contributed by atoms with Crippen molar-refractivity contribution >= 4 is 27.7 Å². The third kappa shape index (κ3) is 3.81. The van der Waals surface area contributed by atoms with Crippen LogP contribution in [0, 0.1) is 5.82 Å². The van der Waals surface area contributed by atoms with Gasteiger partial charge in [-0.3, -0.25) is 14.5 Å². The van der Waals surface area contributed by atoms with Gasteiger partial charge in [0.15, 0.2) is 0 Å². The van der Waals surface area contributed by atoms with Gasteiger partial charge in [-0.1, -0.05) is 12.1 Å². The van der Waals surface area contributed by atoms with Gasteiger partial charge in [-0.2, -0.15) is 4.73 Å². The molecular formula is C25H26FN5O3. The van der Waals surface area contributed by atoms with Crippen LogP contribution in [-0.4, -0.2) is 61.9 Å². The van der Waals surface area contributed by atoms with Crippen molar-refractivity contribution in [3.8, 4) is 0 Å². The quantitative estimate of drug-likeness (QED) is 0.460. The lowest BCUT2D eigenvalue weighted by atomic mass is 10.1. The number of hydrogen-bond donors (Lipinski definition) is 1. The van der Waals surface area contributed by atoms with Crippen molar-refractivity contribution in [3.05, 3.63) is 76.2 Å². The molecule has 5 rings (SSSR count). The van der Waals surface area contributed by atoms with Gasteiger partial charge in [0.05, 0.1) is 17.8 Å². The van der Waals surface area contributed by atoms with E-state index in [-0.39, 0.29) is 23.3 Å². The van der Waals surface area contributed by atoms with Gasteiger partial charge in [0, 0.05) is 50.4 Å². The van der Waals surface area contributed by atoms with E-state index in [1.807, 2.05) is 10.8 Å². The summed E-state index contributed by atoms with van der Waals surface area (Å²) in [6.07, 6.45) is 6.73. The summed E-state index contributed by atoms with van der Waals surface area (Å²) in [5, 5.41) is 11.4. The summed E-state index contributed by atoms with van der Waals surface area (Å²) >= 11 is 0. The number of rotatable bonds is 5. The molecule has 34 heavy (non-hydrogen) atoms. The maximum Gasteiger partial charge on any atom is 0.309 e. The highest BCUT2D eigenvalue weighted by molar-refractivity contribution is 6.06. The molecule has 0 unspecified atom stereocenters. The van der Waals surface area contributed by atoms with Gasteiger partial charge in [-0.15, -0.1) is 0 Å². The fourth-order valence-electron chi connectivity index (χ4n) is 4.90. The average Bonchev–Trinajstić information content (AvgIpc) is 3.42. The first-order valence-corrected chi connectivity index (χ1v) is 11.2. The van der Waals surface area contributed by atoms with Gasteiger partial charge >= 0.3 is 5.56 Å². The Morgan fingerprint density at radius 3 is 2.71 bits per heavy atom. The second-order valence-corrected chi connectivity index (χ2v) is 9.02. The van der Waals surface area contributed by atoms with E-state index in [1.165, 1.54) is 18.3 Å². The molecule has 0 aliphatic carbocycles.